The minimum absolute atomic E-state index is 0. The Kier molecular flexibility index (Phi) is 22.5. The third-order valence-corrected chi connectivity index (χ3v) is 4.76. The van der Waals surface area contributed by atoms with Crippen molar-refractivity contribution in [2.45, 2.75) is 103 Å². The van der Waals surface area contributed by atoms with Gasteiger partial charge in [0.05, 0.1) is 34.3 Å². The van der Waals surface area contributed by atoms with Crippen LogP contribution in [-0.2, 0) is 4.74 Å². The Bertz CT molecular complexity index is 241. The van der Waals surface area contributed by atoms with Gasteiger partial charge in [-0.3, -0.25) is 0 Å². The Morgan fingerprint density at radius 2 is 0.880 bits per heavy atom. The topological polar surface area (TPSA) is 9.23 Å². The predicted molar refractivity (Wildman–Crippen MR) is 109 cm³/mol. The van der Waals surface area contributed by atoms with Crippen molar-refractivity contribution in [3.8, 4) is 0 Å². The molecule has 0 aliphatic rings. The Balaban J connectivity index is 0. The maximum atomic E-state index is 5.73. The highest BCUT2D eigenvalue weighted by Crippen LogP contribution is 2.12. The van der Waals surface area contributed by atoms with Gasteiger partial charge in [-0.25, -0.2) is 0 Å². The molecule has 0 N–H and O–H groups in total. The minimum Gasteiger partial charge on any atom is -1.00 e. The molecule has 3 heteroatoms. The normalized spacial score (nSPS) is 11.5. The summed E-state index contributed by atoms with van der Waals surface area (Å²) in [5.41, 5.74) is 0. The van der Waals surface area contributed by atoms with Gasteiger partial charge >= 0.3 is 0 Å². The molecule has 0 aromatic heterocycles. The van der Waals surface area contributed by atoms with Crippen LogP contribution in [0.15, 0.2) is 0 Å². The standard InChI is InChI=1S/C22H48NO.ClH/c1-5-6-7-8-9-10-11-12-13-14-15-16-17-18-21-24-22-19-20-23(2,3)4;/h5-22H2,1-4H3;1H/q+1;/p-1. The molecule has 0 rings (SSSR count). The Morgan fingerprint density at radius 1 is 0.520 bits per heavy atom. The fraction of sp³-hybridized carbons (Fsp3) is 1.00. The molecule has 0 aliphatic heterocycles. The molecule has 2 nitrogen and oxygen atoms in total. The van der Waals surface area contributed by atoms with Crippen LogP contribution in [0, 0.1) is 0 Å². The Morgan fingerprint density at radius 3 is 1.28 bits per heavy atom. The molecule has 0 amide bonds. The van der Waals surface area contributed by atoms with E-state index in [-0.39, 0.29) is 12.4 Å². The fourth-order valence-electron chi connectivity index (χ4n) is 3.14. The molecule has 0 saturated heterocycles. The number of rotatable bonds is 19. The summed E-state index contributed by atoms with van der Waals surface area (Å²) in [5, 5.41) is 0. The molecule has 0 aliphatic carbocycles. The quantitative estimate of drug-likeness (QED) is 0.247. The van der Waals surface area contributed by atoms with Crippen LogP contribution < -0.4 is 12.4 Å². The van der Waals surface area contributed by atoms with E-state index in [0.717, 1.165) is 17.7 Å². The van der Waals surface area contributed by atoms with Crippen LogP contribution in [0.2, 0.25) is 0 Å². The number of nitrogens with zero attached hydrogens (tertiary/aromatic N) is 1. The summed E-state index contributed by atoms with van der Waals surface area (Å²) in [6.45, 7) is 5.41. The van der Waals surface area contributed by atoms with Crippen LogP contribution in [-0.4, -0.2) is 45.4 Å². The molecule has 0 unspecified atom stereocenters. The summed E-state index contributed by atoms with van der Waals surface area (Å²) in [6, 6.07) is 0. The van der Waals surface area contributed by atoms with Crippen molar-refractivity contribution in [1.82, 2.24) is 0 Å². The Hall–Kier alpha value is 0.210. The molecular formula is C22H48ClNO. The van der Waals surface area contributed by atoms with Gasteiger partial charge in [0.25, 0.3) is 0 Å². The maximum absolute atomic E-state index is 5.73. The fourth-order valence-corrected chi connectivity index (χ4v) is 3.14. The molecule has 0 spiro atoms. The second-order valence-electron chi connectivity index (χ2n) is 8.58. The molecule has 0 bridgehead atoms. The first-order valence-electron chi connectivity index (χ1n) is 10.9. The molecule has 0 radical (unpaired) electrons. The van der Waals surface area contributed by atoms with Crippen molar-refractivity contribution in [2.75, 3.05) is 40.9 Å². The highest BCUT2D eigenvalue weighted by atomic mass is 35.5. The lowest BCUT2D eigenvalue weighted by atomic mass is 10.0. The van der Waals surface area contributed by atoms with Gasteiger partial charge in [0.1, 0.15) is 0 Å². The summed E-state index contributed by atoms with van der Waals surface area (Å²) >= 11 is 0. The van der Waals surface area contributed by atoms with Crippen LogP contribution >= 0.6 is 0 Å². The van der Waals surface area contributed by atoms with Crippen LogP contribution in [0.1, 0.15) is 103 Å². The molecule has 154 valence electrons. The second kappa shape index (κ2) is 20.5. The zero-order valence-electron chi connectivity index (χ0n) is 18.0. The average Bonchev–Trinajstić information content (AvgIpc) is 2.52. The second-order valence-corrected chi connectivity index (χ2v) is 8.58. The molecule has 0 saturated carbocycles. The van der Waals surface area contributed by atoms with Crippen LogP contribution in [0.3, 0.4) is 0 Å². The molecule has 0 heterocycles. The van der Waals surface area contributed by atoms with Gasteiger partial charge in [-0.15, -0.1) is 0 Å². The molecule has 0 aromatic rings. The van der Waals surface area contributed by atoms with Gasteiger partial charge in [0, 0.05) is 13.0 Å². The van der Waals surface area contributed by atoms with Gasteiger partial charge in [-0.2, -0.15) is 0 Å². The summed E-state index contributed by atoms with van der Waals surface area (Å²) in [5.74, 6) is 0. The van der Waals surface area contributed by atoms with Crippen molar-refractivity contribution in [2.24, 2.45) is 0 Å². The number of unbranched alkanes of at least 4 members (excludes halogenated alkanes) is 13. The summed E-state index contributed by atoms with van der Waals surface area (Å²) in [7, 11) is 6.73. The third-order valence-electron chi connectivity index (χ3n) is 4.76. The van der Waals surface area contributed by atoms with Crippen molar-refractivity contribution < 1.29 is 21.6 Å². The maximum Gasteiger partial charge on any atom is 0.0802 e. The summed E-state index contributed by atoms with van der Waals surface area (Å²) in [6.07, 6.45) is 21.1. The predicted octanol–water partition coefficient (Wildman–Crippen LogP) is 3.58. The first-order chi connectivity index (χ1) is 11.6. The van der Waals surface area contributed by atoms with E-state index in [1.54, 1.807) is 0 Å². The number of halogens is 1. The lowest BCUT2D eigenvalue weighted by Crippen LogP contribution is -3.00. The molecule has 25 heavy (non-hydrogen) atoms. The van der Waals surface area contributed by atoms with Crippen LogP contribution in [0.4, 0.5) is 0 Å². The third kappa shape index (κ3) is 26.5. The van der Waals surface area contributed by atoms with Gasteiger partial charge in [0.15, 0.2) is 0 Å². The lowest BCUT2D eigenvalue weighted by Gasteiger charge is -2.23. The number of quaternary nitrogens is 1. The first-order valence-corrected chi connectivity index (χ1v) is 10.9. The van der Waals surface area contributed by atoms with Crippen LogP contribution in [0.5, 0.6) is 0 Å². The van der Waals surface area contributed by atoms with E-state index in [4.69, 9.17) is 4.74 Å². The van der Waals surface area contributed by atoms with Gasteiger partial charge < -0.3 is 21.6 Å². The zero-order chi connectivity index (χ0) is 17.9. The van der Waals surface area contributed by atoms with Crippen molar-refractivity contribution in [3.05, 3.63) is 0 Å². The first kappa shape index (κ1) is 27.4. The molecule has 0 aromatic carbocycles. The SMILES string of the molecule is CCCCCCCCCCCCCCCCOCCC[N+](C)(C)C.[Cl-]. The van der Waals surface area contributed by atoms with E-state index < -0.39 is 0 Å². The summed E-state index contributed by atoms with van der Waals surface area (Å²) in [4.78, 5) is 0. The van der Waals surface area contributed by atoms with Gasteiger partial charge in [-0.1, -0.05) is 90.4 Å². The molecule has 0 fully saturated rings. The summed E-state index contributed by atoms with van der Waals surface area (Å²) < 4.78 is 6.77. The van der Waals surface area contributed by atoms with Crippen molar-refractivity contribution >= 4 is 0 Å². The number of ether oxygens (including phenoxy) is 1. The van der Waals surface area contributed by atoms with Crippen LogP contribution in [0.25, 0.3) is 0 Å². The van der Waals surface area contributed by atoms with Crippen molar-refractivity contribution in [1.29, 1.82) is 0 Å². The van der Waals surface area contributed by atoms with E-state index in [2.05, 4.69) is 28.1 Å². The van der Waals surface area contributed by atoms with Gasteiger partial charge in [0.2, 0.25) is 0 Å². The van der Waals surface area contributed by atoms with E-state index in [1.165, 1.54) is 103 Å². The zero-order valence-corrected chi connectivity index (χ0v) is 18.7. The highest BCUT2D eigenvalue weighted by Gasteiger charge is 2.05. The average molecular weight is 378 g/mol. The number of hydrogen-bond donors (Lipinski definition) is 0. The minimum atomic E-state index is 0. The largest absolute Gasteiger partial charge is 1.00 e. The lowest BCUT2D eigenvalue weighted by molar-refractivity contribution is -0.870. The highest BCUT2D eigenvalue weighted by molar-refractivity contribution is 4.49. The van der Waals surface area contributed by atoms with E-state index in [1.807, 2.05) is 0 Å². The van der Waals surface area contributed by atoms with Crippen molar-refractivity contribution in [3.63, 3.8) is 0 Å². The monoisotopic (exact) mass is 377 g/mol. The van der Waals surface area contributed by atoms with E-state index in [9.17, 15) is 0 Å². The molecular weight excluding hydrogens is 330 g/mol. The van der Waals surface area contributed by atoms with E-state index in [0.29, 0.717) is 0 Å². The smallest absolute Gasteiger partial charge is 0.0802 e. The van der Waals surface area contributed by atoms with Gasteiger partial charge in [-0.05, 0) is 6.42 Å². The van der Waals surface area contributed by atoms with E-state index >= 15 is 0 Å². The number of hydrogen-bond acceptors (Lipinski definition) is 1. The molecule has 0 atom stereocenters. The Labute approximate surface area is 166 Å².